The molecule has 1 fully saturated rings. The van der Waals surface area contributed by atoms with Gasteiger partial charge < -0.3 is 10.6 Å². The van der Waals surface area contributed by atoms with Gasteiger partial charge >= 0.3 is 0 Å². The van der Waals surface area contributed by atoms with Crippen molar-refractivity contribution in [3.05, 3.63) is 0 Å². The molecule has 2 N–H and O–H groups in total. The normalized spacial score (nSPS) is 29.2. The van der Waals surface area contributed by atoms with Crippen LogP contribution in [-0.2, 0) is 0 Å². The first-order valence-electron chi connectivity index (χ1n) is 3.28. The van der Waals surface area contributed by atoms with Gasteiger partial charge in [0.15, 0.2) is 0 Å². The van der Waals surface area contributed by atoms with Gasteiger partial charge in [0.1, 0.15) is 6.17 Å². The van der Waals surface area contributed by atoms with Crippen LogP contribution in [0.1, 0.15) is 6.42 Å². The van der Waals surface area contributed by atoms with Crippen LogP contribution in [0.5, 0.6) is 0 Å². The molecule has 0 aromatic carbocycles. The molecule has 6 heteroatoms. The van der Waals surface area contributed by atoms with Gasteiger partial charge in [0.05, 0.1) is 0 Å². The van der Waals surface area contributed by atoms with E-state index in [0.717, 1.165) is 13.0 Å². The highest BCUT2D eigenvalue weighted by molar-refractivity contribution is 5.86. The molecule has 0 aliphatic carbocycles. The maximum Gasteiger partial charge on any atom is 0.128 e. The van der Waals surface area contributed by atoms with Crippen LogP contribution in [-0.4, -0.2) is 37.3 Å². The second kappa shape index (κ2) is 8.32. The summed E-state index contributed by atoms with van der Waals surface area (Å²) in [4.78, 5) is 1.97. The summed E-state index contributed by atoms with van der Waals surface area (Å²) in [6.45, 7) is 1.43. The van der Waals surface area contributed by atoms with E-state index >= 15 is 0 Å². The van der Waals surface area contributed by atoms with E-state index in [0.29, 0.717) is 6.54 Å². The molecule has 12 heavy (non-hydrogen) atoms. The Kier molecular flexibility index (Phi) is 12.8. The second-order valence-corrected chi connectivity index (χ2v) is 2.73. The van der Waals surface area contributed by atoms with Crippen molar-refractivity contribution in [1.29, 1.82) is 0 Å². The van der Waals surface area contributed by atoms with Crippen molar-refractivity contribution in [1.82, 2.24) is 4.90 Å². The van der Waals surface area contributed by atoms with Crippen molar-refractivity contribution in [2.24, 2.45) is 5.73 Å². The summed E-state index contributed by atoms with van der Waals surface area (Å²) in [6.07, 6.45) is -0.0266. The molecule has 1 rings (SSSR count). The molecule has 0 amide bonds. The van der Waals surface area contributed by atoms with Crippen molar-refractivity contribution < 1.29 is 4.39 Å². The Hall–Kier alpha value is 0.720. The third-order valence-electron chi connectivity index (χ3n) is 1.79. The summed E-state index contributed by atoms with van der Waals surface area (Å²) in [5, 5.41) is 0. The van der Waals surface area contributed by atoms with Gasteiger partial charge in [-0.05, 0) is 20.0 Å². The van der Waals surface area contributed by atoms with Gasteiger partial charge in [0.25, 0.3) is 0 Å². The lowest BCUT2D eigenvalue weighted by Crippen LogP contribution is -2.46. The number of piperidine rings is 1. The summed E-state index contributed by atoms with van der Waals surface area (Å²) < 4.78 is 12.7. The molecule has 1 saturated heterocycles. The quantitative estimate of drug-likeness (QED) is 0.692. The average Bonchev–Trinajstić information content (AvgIpc) is 1.80. The monoisotopic (exact) mass is 240 g/mol. The smallest absolute Gasteiger partial charge is 0.128 e. The number of hydrogen-bond acceptors (Lipinski definition) is 2. The average molecular weight is 242 g/mol. The van der Waals surface area contributed by atoms with Gasteiger partial charge in [-0.2, -0.15) is 0 Å². The number of nitrogens with two attached hydrogens (primary N) is 1. The predicted octanol–water partition coefficient (Wildman–Crippen LogP) is 1.25. The van der Waals surface area contributed by atoms with Crippen LogP contribution in [0.3, 0.4) is 0 Å². The molecule has 0 aromatic rings. The van der Waals surface area contributed by atoms with Gasteiger partial charge in [-0.25, -0.2) is 4.39 Å². The fourth-order valence-electron chi connectivity index (χ4n) is 1.07. The SMILES string of the molecule is CN1CCC(N)C(F)C1.Cl.Cl.Cl. The van der Waals surface area contributed by atoms with Crippen LogP contribution in [0.15, 0.2) is 0 Å². The van der Waals surface area contributed by atoms with Crippen molar-refractivity contribution in [2.75, 3.05) is 20.1 Å². The van der Waals surface area contributed by atoms with Gasteiger partial charge in [-0.1, -0.05) is 0 Å². The molecule has 0 bridgehead atoms. The molecular formula is C6H16Cl3FN2. The Morgan fingerprint density at radius 1 is 1.33 bits per heavy atom. The highest BCUT2D eigenvalue weighted by atomic mass is 35.5. The Bertz CT molecular complexity index is 107. The minimum absolute atomic E-state index is 0. The fourth-order valence-corrected chi connectivity index (χ4v) is 1.07. The van der Waals surface area contributed by atoms with Crippen LogP contribution in [0.2, 0.25) is 0 Å². The van der Waals surface area contributed by atoms with E-state index in [4.69, 9.17) is 5.73 Å². The molecular weight excluding hydrogens is 225 g/mol. The van der Waals surface area contributed by atoms with Crippen molar-refractivity contribution in [2.45, 2.75) is 18.6 Å². The van der Waals surface area contributed by atoms with Crippen LogP contribution in [0.25, 0.3) is 0 Å². The first-order chi connectivity index (χ1) is 4.20. The minimum Gasteiger partial charge on any atom is -0.325 e. The van der Waals surface area contributed by atoms with E-state index in [1.165, 1.54) is 0 Å². The maximum atomic E-state index is 12.7. The molecule has 2 atom stereocenters. The molecule has 1 aliphatic rings. The third-order valence-corrected chi connectivity index (χ3v) is 1.79. The van der Waals surface area contributed by atoms with E-state index in [2.05, 4.69) is 0 Å². The van der Waals surface area contributed by atoms with E-state index in [1.807, 2.05) is 11.9 Å². The number of rotatable bonds is 0. The summed E-state index contributed by atoms with van der Waals surface area (Å²) in [5.74, 6) is 0. The van der Waals surface area contributed by atoms with Crippen molar-refractivity contribution in [3.63, 3.8) is 0 Å². The van der Waals surface area contributed by atoms with E-state index in [-0.39, 0.29) is 43.3 Å². The molecule has 0 saturated carbocycles. The second-order valence-electron chi connectivity index (χ2n) is 2.73. The molecule has 2 unspecified atom stereocenters. The van der Waals surface area contributed by atoms with Crippen molar-refractivity contribution >= 4 is 37.2 Å². The van der Waals surface area contributed by atoms with Crippen LogP contribution in [0.4, 0.5) is 4.39 Å². The highest BCUT2D eigenvalue weighted by Crippen LogP contribution is 2.09. The molecule has 78 valence electrons. The summed E-state index contributed by atoms with van der Waals surface area (Å²) in [7, 11) is 1.92. The molecule has 0 radical (unpaired) electrons. The first kappa shape index (κ1) is 18.5. The van der Waals surface area contributed by atoms with Gasteiger partial charge in [-0.3, -0.25) is 0 Å². The van der Waals surface area contributed by atoms with E-state index in [1.54, 1.807) is 0 Å². The third kappa shape index (κ3) is 5.38. The van der Waals surface area contributed by atoms with Gasteiger partial charge in [0, 0.05) is 12.6 Å². The molecule has 0 aromatic heterocycles. The Morgan fingerprint density at radius 3 is 2.17 bits per heavy atom. The lowest BCUT2D eigenvalue weighted by Gasteiger charge is -2.29. The highest BCUT2D eigenvalue weighted by Gasteiger charge is 2.23. The zero-order valence-electron chi connectivity index (χ0n) is 6.90. The zero-order chi connectivity index (χ0) is 6.85. The minimum atomic E-state index is -0.816. The lowest BCUT2D eigenvalue weighted by molar-refractivity contribution is 0.141. The Labute approximate surface area is 91.3 Å². The topological polar surface area (TPSA) is 29.3 Å². The number of alkyl halides is 1. The van der Waals surface area contributed by atoms with Gasteiger partial charge in [0.2, 0.25) is 0 Å². The summed E-state index contributed by atoms with van der Waals surface area (Å²) in [6, 6.07) is -0.221. The van der Waals surface area contributed by atoms with Crippen LogP contribution in [0, 0.1) is 0 Å². The van der Waals surface area contributed by atoms with Crippen LogP contribution < -0.4 is 5.73 Å². The molecule has 1 aliphatic heterocycles. The number of nitrogens with zero attached hydrogens (tertiary/aromatic N) is 1. The Morgan fingerprint density at radius 2 is 1.83 bits per heavy atom. The lowest BCUT2D eigenvalue weighted by atomic mass is 10.1. The Balaban J connectivity index is -0.000000270. The standard InChI is InChI=1S/C6H13FN2.3ClH/c1-9-3-2-6(8)5(7)4-9;;;/h5-6H,2-4,8H2,1H3;3*1H. The number of likely N-dealkylation sites (tertiary alicyclic amines) is 1. The zero-order valence-corrected chi connectivity index (χ0v) is 9.35. The predicted molar refractivity (Wildman–Crippen MR) is 56.7 cm³/mol. The first-order valence-corrected chi connectivity index (χ1v) is 3.28. The van der Waals surface area contributed by atoms with E-state index in [9.17, 15) is 4.39 Å². The molecule has 2 nitrogen and oxygen atoms in total. The maximum absolute atomic E-state index is 12.7. The molecule has 0 spiro atoms. The molecule has 1 heterocycles. The number of hydrogen-bond donors (Lipinski definition) is 1. The van der Waals surface area contributed by atoms with E-state index < -0.39 is 6.17 Å². The summed E-state index contributed by atoms with van der Waals surface area (Å²) >= 11 is 0. The largest absolute Gasteiger partial charge is 0.325 e. The number of halogens is 4. The fraction of sp³-hybridized carbons (Fsp3) is 1.00. The summed E-state index contributed by atoms with van der Waals surface area (Å²) in [5.41, 5.74) is 5.44. The van der Waals surface area contributed by atoms with Gasteiger partial charge in [-0.15, -0.1) is 37.2 Å². The van der Waals surface area contributed by atoms with Crippen molar-refractivity contribution in [3.8, 4) is 0 Å². The van der Waals surface area contributed by atoms with Crippen LogP contribution >= 0.6 is 37.2 Å².